The predicted molar refractivity (Wildman–Crippen MR) is 95.9 cm³/mol. The van der Waals surface area contributed by atoms with Gasteiger partial charge in [0.05, 0.1) is 35.8 Å². The summed E-state index contributed by atoms with van der Waals surface area (Å²) in [7, 11) is -3.17. The van der Waals surface area contributed by atoms with E-state index < -0.39 is 33.9 Å². The number of carbonyl (C=O) groups is 2. The van der Waals surface area contributed by atoms with Crippen molar-refractivity contribution in [3.05, 3.63) is 47.2 Å². The number of urea groups is 1. The fourth-order valence-electron chi connectivity index (χ4n) is 3.54. The molecule has 1 fully saturated rings. The number of amides is 2. The maximum absolute atomic E-state index is 12.7. The summed E-state index contributed by atoms with van der Waals surface area (Å²) < 4.78 is 28.9. The number of nitrogens with zero attached hydrogens (tertiary/aromatic N) is 1. The Kier molecular flexibility index (Phi) is 5.04. The first-order chi connectivity index (χ1) is 12.3. The quantitative estimate of drug-likeness (QED) is 0.806. The number of rotatable bonds is 4. The minimum absolute atomic E-state index is 0.0472. The smallest absolute Gasteiger partial charge is 0.338 e. The minimum Gasteiger partial charge on any atom is -0.463 e. The molecule has 0 saturated carbocycles. The van der Waals surface area contributed by atoms with Crippen LogP contribution in [0.1, 0.15) is 31.9 Å². The monoisotopic (exact) mass is 378 g/mol. The van der Waals surface area contributed by atoms with Crippen molar-refractivity contribution in [2.45, 2.75) is 32.4 Å². The van der Waals surface area contributed by atoms with E-state index in [0.29, 0.717) is 17.7 Å². The molecule has 0 bridgehead atoms. The third-order valence-electron chi connectivity index (χ3n) is 4.73. The minimum atomic E-state index is -3.17. The summed E-state index contributed by atoms with van der Waals surface area (Å²) >= 11 is 0. The average molecular weight is 378 g/mol. The summed E-state index contributed by atoms with van der Waals surface area (Å²) in [4.78, 5) is 26.8. The van der Waals surface area contributed by atoms with Crippen molar-refractivity contribution in [1.29, 1.82) is 0 Å². The first-order valence-corrected chi connectivity index (χ1v) is 10.4. The largest absolute Gasteiger partial charge is 0.463 e. The molecule has 2 amide bonds. The molecule has 2 aliphatic rings. The lowest BCUT2D eigenvalue weighted by atomic mass is 9.94. The Morgan fingerprint density at radius 2 is 2.00 bits per heavy atom. The Hall–Kier alpha value is -2.35. The SMILES string of the molecule is CCOC(=O)C1=C(C)N([C@H]2CCS(=O)(=O)C2)C(=O)N[C@H]1c1ccccc1. The number of carbonyl (C=O) groups excluding carboxylic acids is 2. The molecule has 0 spiro atoms. The number of allylic oxidation sites excluding steroid dienone is 1. The molecule has 1 aromatic carbocycles. The summed E-state index contributed by atoms with van der Waals surface area (Å²) in [5, 5.41) is 2.84. The van der Waals surface area contributed by atoms with Crippen molar-refractivity contribution in [3.63, 3.8) is 0 Å². The molecule has 1 aromatic rings. The highest BCUT2D eigenvalue weighted by molar-refractivity contribution is 7.91. The van der Waals surface area contributed by atoms with Crippen LogP contribution < -0.4 is 5.32 Å². The Morgan fingerprint density at radius 1 is 1.31 bits per heavy atom. The van der Waals surface area contributed by atoms with Crippen LogP contribution in [-0.2, 0) is 19.4 Å². The van der Waals surface area contributed by atoms with Crippen molar-refractivity contribution in [3.8, 4) is 0 Å². The number of hydrogen-bond donors (Lipinski definition) is 1. The zero-order chi connectivity index (χ0) is 18.9. The van der Waals surface area contributed by atoms with E-state index in [1.54, 1.807) is 13.8 Å². The van der Waals surface area contributed by atoms with E-state index in [0.717, 1.165) is 5.56 Å². The second-order valence-corrected chi connectivity index (χ2v) is 8.67. The van der Waals surface area contributed by atoms with Gasteiger partial charge in [-0.1, -0.05) is 30.3 Å². The maximum Gasteiger partial charge on any atom is 0.338 e. The predicted octanol–water partition coefficient (Wildman–Crippen LogP) is 1.78. The van der Waals surface area contributed by atoms with E-state index >= 15 is 0 Å². The topological polar surface area (TPSA) is 92.8 Å². The van der Waals surface area contributed by atoms with Crippen LogP contribution in [0.2, 0.25) is 0 Å². The summed E-state index contributed by atoms with van der Waals surface area (Å²) in [5.74, 6) is -0.556. The van der Waals surface area contributed by atoms with Gasteiger partial charge in [-0.25, -0.2) is 18.0 Å². The maximum atomic E-state index is 12.7. The van der Waals surface area contributed by atoms with Gasteiger partial charge >= 0.3 is 12.0 Å². The van der Waals surface area contributed by atoms with Crippen LogP contribution in [0.4, 0.5) is 4.79 Å². The van der Waals surface area contributed by atoms with Crippen LogP contribution >= 0.6 is 0 Å². The van der Waals surface area contributed by atoms with E-state index in [1.165, 1.54) is 4.90 Å². The van der Waals surface area contributed by atoms with E-state index in [2.05, 4.69) is 5.32 Å². The molecular formula is C18H22N2O5S. The summed E-state index contributed by atoms with van der Waals surface area (Å²) in [6, 6.07) is 7.67. The van der Waals surface area contributed by atoms with Gasteiger partial charge < -0.3 is 10.1 Å². The molecule has 0 aromatic heterocycles. The first kappa shape index (κ1) is 18.4. The summed E-state index contributed by atoms with van der Waals surface area (Å²) in [6.45, 7) is 3.60. The molecular weight excluding hydrogens is 356 g/mol. The van der Waals surface area contributed by atoms with Crippen LogP contribution in [0, 0.1) is 0 Å². The van der Waals surface area contributed by atoms with E-state index in [-0.39, 0.29) is 18.1 Å². The molecule has 1 N–H and O–H groups in total. The molecule has 2 heterocycles. The van der Waals surface area contributed by atoms with Crippen molar-refractivity contribution in [2.75, 3.05) is 18.1 Å². The van der Waals surface area contributed by atoms with Crippen molar-refractivity contribution in [1.82, 2.24) is 10.2 Å². The molecule has 0 radical (unpaired) electrons. The van der Waals surface area contributed by atoms with Gasteiger partial charge in [-0.05, 0) is 25.8 Å². The van der Waals surface area contributed by atoms with Crippen LogP contribution in [-0.4, -0.2) is 49.5 Å². The molecule has 26 heavy (non-hydrogen) atoms. The van der Waals surface area contributed by atoms with Gasteiger partial charge in [0, 0.05) is 5.70 Å². The van der Waals surface area contributed by atoms with Crippen molar-refractivity contribution in [2.24, 2.45) is 0 Å². The number of hydrogen-bond acceptors (Lipinski definition) is 5. The summed E-state index contributed by atoms with van der Waals surface area (Å²) in [6.07, 6.45) is 0.360. The van der Waals surface area contributed by atoms with Crippen LogP contribution in [0.3, 0.4) is 0 Å². The molecule has 7 nitrogen and oxygen atoms in total. The lowest BCUT2D eigenvalue weighted by molar-refractivity contribution is -0.139. The van der Waals surface area contributed by atoms with E-state index in [9.17, 15) is 18.0 Å². The molecule has 8 heteroatoms. The number of esters is 1. The Bertz CT molecular complexity index is 848. The van der Waals surface area contributed by atoms with Crippen molar-refractivity contribution >= 4 is 21.8 Å². The zero-order valence-corrected chi connectivity index (χ0v) is 15.6. The molecule has 1 saturated heterocycles. The third-order valence-corrected chi connectivity index (χ3v) is 6.48. The zero-order valence-electron chi connectivity index (χ0n) is 14.8. The van der Waals surface area contributed by atoms with Gasteiger partial charge in [0.2, 0.25) is 0 Å². The van der Waals surface area contributed by atoms with Gasteiger partial charge in [-0.15, -0.1) is 0 Å². The first-order valence-electron chi connectivity index (χ1n) is 8.57. The molecule has 0 unspecified atom stereocenters. The molecule has 0 aliphatic carbocycles. The summed E-state index contributed by atoms with van der Waals surface area (Å²) in [5.41, 5.74) is 1.55. The molecule has 2 atom stereocenters. The second kappa shape index (κ2) is 7.11. The Labute approximate surface area is 152 Å². The highest BCUT2D eigenvalue weighted by Gasteiger charge is 2.42. The highest BCUT2D eigenvalue weighted by atomic mass is 32.2. The van der Waals surface area contributed by atoms with Gasteiger partial charge in [-0.3, -0.25) is 4.90 Å². The fourth-order valence-corrected chi connectivity index (χ4v) is 5.24. The number of nitrogens with one attached hydrogen (secondary N) is 1. The van der Waals surface area contributed by atoms with Gasteiger partial charge in [-0.2, -0.15) is 0 Å². The average Bonchev–Trinajstić information content (AvgIpc) is 2.94. The number of benzene rings is 1. The molecule has 3 rings (SSSR count). The number of sulfone groups is 1. The second-order valence-electron chi connectivity index (χ2n) is 6.44. The van der Waals surface area contributed by atoms with Crippen LogP contribution in [0.25, 0.3) is 0 Å². The highest BCUT2D eigenvalue weighted by Crippen LogP contribution is 2.34. The Balaban J connectivity index is 2.05. The van der Waals surface area contributed by atoms with Crippen LogP contribution in [0.5, 0.6) is 0 Å². The van der Waals surface area contributed by atoms with Gasteiger partial charge in [0.25, 0.3) is 0 Å². The Morgan fingerprint density at radius 3 is 2.58 bits per heavy atom. The van der Waals surface area contributed by atoms with Gasteiger partial charge in [0.15, 0.2) is 9.84 Å². The normalized spacial score (nSPS) is 25.2. The lowest BCUT2D eigenvalue weighted by Gasteiger charge is -2.38. The van der Waals surface area contributed by atoms with Gasteiger partial charge in [0.1, 0.15) is 0 Å². The molecule has 140 valence electrons. The fraction of sp³-hybridized carbons (Fsp3) is 0.444. The molecule has 2 aliphatic heterocycles. The van der Waals surface area contributed by atoms with Crippen LogP contribution in [0.15, 0.2) is 41.6 Å². The number of ether oxygens (including phenoxy) is 1. The van der Waals surface area contributed by atoms with E-state index in [4.69, 9.17) is 4.74 Å². The standard InChI is InChI=1S/C18H22N2O5S/c1-3-25-17(21)15-12(2)20(14-9-10-26(23,24)11-14)18(22)19-16(15)13-7-5-4-6-8-13/h4-8,14,16H,3,9-11H2,1-2H3,(H,19,22)/t14-,16-/m0/s1. The van der Waals surface area contributed by atoms with E-state index in [1.807, 2.05) is 30.3 Å². The third kappa shape index (κ3) is 3.46. The lowest BCUT2D eigenvalue weighted by Crippen LogP contribution is -2.52. The van der Waals surface area contributed by atoms with Crippen molar-refractivity contribution < 1.29 is 22.7 Å².